The number of hydrogen-bond donors (Lipinski definition) is 2. The average Bonchev–Trinajstić information content (AvgIpc) is 2.47. The quantitative estimate of drug-likeness (QED) is 0.358. The first-order valence-electron chi connectivity index (χ1n) is 6.34. The lowest BCUT2D eigenvalue weighted by Gasteiger charge is -2.27. The fraction of sp³-hybridized carbons (Fsp3) is 0.583. The van der Waals surface area contributed by atoms with Crippen molar-refractivity contribution < 1.29 is 9.94 Å². The average molecular weight is 265 g/mol. The van der Waals surface area contributed by atoms with E-state index in [1.165, 1.54) is 6.42 Å². The fourth-order valence-electron chi connectivity index (χ4n) is 2.06. The highest BCUT2D eigenvalue weighted by atomic mass is 16.5. The molecule has 3 N–H and O–H groups in total. The second-order valence-corrected chi connectivity index (χ2v) is 4.60. The standard InChI is InChI=1S/C12H19N5O2/c1-17(8-9-4-2-3-7-19-9)12-14-6-5-10(15-12)11(13)16-18/h5-6,9,18H,2-4,7-8H2,1H3,(H2,13,16). The molecule has 1 atom stereocenters. The molecule has 1 aliphatic heterocycles. The first kappa shape index (κ1) is 13.5. The first-order chi connectivity index (χ1) is 9.20. The van der Waals surface area contributed by atoms with Crippen LogP contribution in [0.1, 0.15) is 25.0 Å². The van der Waals surface area contributed by atoms with Crippen LogP contribution in [-0.2, 0) is 4.74 Å². The Morgan fingerprint density at radius 2 is 2.47 bits per heavy atom. The van der Waals surface area contributed by atoms with E-state index < -0.39 is 0 Å². The number of anilines is 1. The third-order valence-electron chi connectivity index (χ3n) is 3.11. The molecule has 1 fully saturated rings. The second kappa shape index (κ2) is 6.33. The lowest BCUT2D eigenvalue weighted by atomic mass is 10.1. The molecule has 1 unspecified atom stereocenters. The minimum absolute atomic E-state index is 0.0223. The number of likely N-dealkylation sites (N-methyl/N-ethyl adjacent to an activating group) is 1. The number of aromatic nitrogens is 2. The number of hydrogen-bond acceptors (Lipinski definition) is 6. The number of rotatable bonds is 4. The molecule has 0 bridgehead atoms. The van der Waals surface area contributed by atoms with Crippen molar-refractivity contribution in [3.05, 3.63) is 18.0 Å². The Balaban J connectivity index is 2.03. The minimum Gasteiger partial charge on any atom is -0.409 e. The van der Waals surface area contributed by atoms with Gasteiger partial charge in [0.1, 0.15) is 5.69 Å². The third kappa shape index (κ3) is 3.54. The molecule has 7 heteroatoms. The largest absolute Gasteiger partial charge is 0.409 e. The molecular weight excluding hydrogens is 246 g/mol. The van der Waals surface area contributed by atoms with Crippen molar-refractivity contribution in [3.63, 3.8) is 0 Å². The van der Waals surface area contributed by atoms with Gasteiger partial charge in [-0.1, -0.05) is 5.16 Å². The van der Waals surface area contributed by atoms with E-state index in [0.29, 0.717) is 11.6 Å². The SMILES string of the molecule is CN(CC1CCCCO1)c1nccc(/C(N)=N/O)n1. The van der Waals surface area contributed by atoms with Gasteiger partial charge in [-0.25, -0.2) is 9.97 Å². The number of amidine groups is 1. The van der Waals surface area contributed by atoms with Crippen LogP contribution in [0.2, 0.25) is 0 Å². The molecular formula is C12H19N5O2. The summed E-state index contributed by atoms with van der Waals surface area (Å²) in [6, 6.07) is 1.60. The van der Waals surface area contributed by atoms with E-state index in [-0.39, 0.29) is 11.9 Å². The maximum absolute atomic E-state index is 8.65. The molecule has 0 saturated carbocycles. The van der Waals surface area contributed by atoms with E-state index >= 15 is 0 Å². The van der Waals surface area contributed by atoms with Crippen LogP contribution in [0.3, 0.4) is 0 Å². The number of ether oxygens (including phenoxy) is 1. The van der Waals surface area contributed by atoms with Crippen LogP contribution in [-0.4, -0.2) is 47.3 Å². The van der Waals surface area contributed by atoms with Gasteiger partial charge in [-0.15, -0.1) is 0 Å². The Labute approximate surface area is 112 Å². The molecule has 1 saturated heterocycles. The Morgan fingerprint density at radius 1 is 1.63 bits per heavy atom. The van der Waals surface area contributed by atoms with E-state index in [0.717, 1.165) is 26.0 Å². The van der Waals surface area contributed by atoms with Crippen molar-refractivity contribution in [2.75, 3.05) is 25.1 Å². The number of oxime groups is 1. The summed E-state index contributed by atoms with van der Waals surface area (Å²) < 4.78 is 5.68. The Kier molecular flexibility index (Phi) is 4.51. The summed E-state index contributed by atoms with van der Waals surface area (Å²) in [6.07, 6.45) is 5.20. The highest BCUT2D eigenvalue weighted by Crippen LogP contribution is 2.15. The molecule has 104 valence electrons. The highest BCUT2D eigenvalue weighted by Gasteiger charge is 2.17. The number of nitrogens with two attached hydrogens (primary N) is 1. The van der Waals surface area contributed by atoms with Gasteiger partial charge in [0.25, 0.3) is 0 Å². The zero-order valence-electron chi connectivity index (χ0n) is 11.0. The van der Waals surface area contributed by atoms with Gasteiger partial charge in [-0.05, 0) is 25.3 Å². The van der Waals surface area contributed by atoms with Gasteiger partial charge < -0.3 is 20.6 Å². The van der Waals surface area contributed by atoms with E-state index in [1.807, 2.05) is 11.9 Å². The lowest BCUT2D eigenvalue weighted by Crippen LogP contribution is -2.34. The lowest BCUT2D eigenvalue weighted by molar-refractivity contribution is 0.0214. The van der Waals surface area contributed by atoms with Gasteiger partial charge in [0.2, 0.25) is 5.95 Å². The van der Waals surface area contributed by atoms with Gasteiger partial charge >= 0.3 is 0 Å². The highest BCUT2D eigenvalue weighted by molar-refractivity contribution is 5.95. The van der Waals surface area contributed by atoms with Crippen molar-refractivity contribution in [1.29, 1.82) is 0 Å². The van der Waals surface area contributed by atoms with Gasteiger partial charge in [-0.3, -0.25) is 0 Å². The Bertz CT molecular complexity index is 446. The van der Waals surface area contributed by atoms with Gasteiger partial charge in [-0.2, -0.15) is 0 Å². The molecule has 2 heterocycles. The van der Waals surface area contributed by atoms with Crippen molar-refractivity contribution in [2.24, 2.45) is 10.9 Å². The normalized spacial score (nSPS) is 20.3. The zero-order chi connectivity index (χ0) is 13.7. The number of nitrogens with zero attached hydrogens (tertiary/aromatic N) is 4. The van der Waals surface area contributed by atoms with Crippen LogP contribution in [0.25, 0.3) is 0 Å². The Morgan fingerprint density at radius 3 is 3.16 bits per heavy atom. The minimum atomic E-state index is -0.0223. The summed E-state index contributed by atoms with van der Waals surface area (Å²) in [6.45, 7) is 1.56. The van der Waals surface area contributed by atoms with Crippen LogP contribution < -0.4 is 10.6 Å². The first-order valence-corrected chi connectivity index (χ1v) is 6.34. The van der Waals surface area contributed by atoms with E-state index in [9.17, 15) is 0 Å². The molecule has 0 spiro atoms. The van der Waals surface area contributed by atoms with Crippen LogP contribution >= 0.6 is 0 Å². The smallest absolute Gasteiger partial charge is 0.225 e. The zero-order valence-corrected chi connectivity index (χ0v) is 11.0. The van der Waals surface area contributed by atoms with E-state index in [1.54, 1.807) is 12.3 Å². The van der Waals surface area contributed by atoms with Crippen LogP contribution in [0.4, 0.5) is 5.95 Å². The van der Waals surface area contributed by atoms with Crippen molar-refractivity contribution >= 4 is 11.8 Å². The molecule has 1 aromatic heterocycles. The molecule has 0 aliphatic carbocycles. The molecule has 0 amide bonds. The van der Waals surface area contributed by atoms with Crippen LogP contribution in [0.5, 0.6) is 0 Å². The maximum atomic E-state index is 8.65. The van der Waals surface area contributed by atoms with Crippen LogP contribution in [0, 0.1) is 0 Å². The monoisotopic (exact) mass is 265 g/mol. The Hall–Kier alpha value is -1.89. The van der Waals surface area contributed by atoms with Crippen molar-refractivity contribution in [2.45, 2.75) is 25.4 Å². The molecule has 19 heavy (non-hydrogen) atoms. The van der Waals surface area contributed by atoms with Gasteiger partial charge in [0, 0.05) is 26.4 Å². The topological polar surface area (TPSA) is 96.9 Å². The summed E-state index contributed by atoms with van der Waals surface area (Å²) in [5.74, 6) is 0.518. The molecule has 0 radical (unpaired) electrons. The fourth-order valence-corrected chi connectivity index (χ4v) is 2.06. The molecule has 2 rings (SSSR count). The molecule has 1 aliphatic rings. The molecule has 1 aromatic rings. The van der Waals surface area contributed by atoms with Crippen LogP contribution in [0.15, 0.2) is 17.4 Å². The van der Waals surface area contributed by atoms with Crippen molar-refractivity contribution in [1.82, 2.24) is 9.97 Å². The maximum Gasteiger partial charge on any atom is 0.225 e. The molecule has 0 aromatic carbocycles. The predicted molar refractivity (Wildman–Crippen MR) is 71.4 cm³/mol. The molecule has 7 nitrogen and oxygen atoms in total. The summed E-state index contributed by atoms with van der Waals surface area (Å²) in [7, 11) is 1.91. The summed E-state index contributed by atoms with van der Waals surface area (Å²) in [5, 5.41) is 11.6. The summed E-state index contributed by atoms with van der Waals surface area (Å²) in [4.78, 5) is 10.4. The van der Waals surface area contributed by atoms with Gasteiger partial charge in [0.05, 0.1) is 6.10 Å². The third-order valence-corrected chi connectivity index (χ3v) is 3.11. The second-order valence-electron chi connectivity index (χ2n) is 4.60. The predicted octanol–water partition coefficient (Wildman–Crippen LogP) is 0.576. The summed E-state index contributed by atoms with van der Waals surface area (Å²) in [5.41, 5.74) is 5.92. The van der Waals surface area contributed by atoms with Gasteiger partial charge in [0.15, 0.2) is 5.84 Å². The van der Waals surface area contributed by atoms with Crippen molar-refractivity contribution in [3.8, 4) is 0 Å². The van der Waals surface area contributed by atoms with E-state index in [2.05, 4.69) is 15.1 Å². The van der Waals surface area contributed by atoms with E-state index in [4.69, 9.17) is 15.7 Å². The summed E-state index contributed by atoms with van der Waals surface area (Å²) >= 11 is 0.